The number of aromatic nitrogens is 3. The second kappa shape index (κ2) is 8.52. The van der Waals surface area contributed by atoms with Crippen molar-refractivity contribution in [1.82, 2.24) is 19.7 Å². The van der Waals surface area contributed by atoms with Gasteiger partial charge in [-0.15, -0.1) is 0 Å². The highest BCUT2D eigenvalue weighted by molar-refractivity contribution is 6.31. The Balaban J connectivity index is 1.74. The maximum atomic E-state index is 13.0. The minimum atomic E-state index is -0.588. The molecule has 0 atom stereocenters. The molecule has 1 aromatic carbocycles. The summed E-state index contributed by atoms with van der Waals surface area (Å²) in [6.45, 7) is 5.34. The normalized spacial score (nSPS) is 14.6. The molecule has 3 aromatic rings. The monoisotopic (exact) mass is 441 g/mol. The van der Waals surface area contributed by atoms with E-state index in [2.05, 4.69) is 32.2 Å². The Hall–Kier alpha value is -3.17. The van der Waals surface area contributed by atoms with Crippen molar-refractivity contribution in [1.29, 1.82) is 0 Å². The van der Waals surface area contributed by atoms with Gasteiger partial charge >= 0.3 is 6.03 Å². The quantitative estimate of drug-likeness (QED) is 0.626. The first-order valence-electron chi connectivity index (χ1n) is 9.96. The fourth-order valence-corrected chi connectivity index (χ4v) is 4.05. The highest BCUT2D eigenvalue weighted by Crippen LogP contribution is 2.36. The van der Waals surface area contributed by atoms with Crippen LogP contribution in [0.2, 0.25) is 5.02 Å². The summed E-state index contributed by atoms with van der Waals surface area (Å²) in [7, 11) is 3.94. The third kappa shape index (κ3) is 4.06. The molecule has 1 aliphatic rings. The smallest absolute Gasteiger partial charge is 0.333 e. The lowest BCUT2D eigenvalue weighted by Crippen LogP contribution is -2.45. The minimum absolute atomic E-state index is 0.382. The molecule has 1 saturated heterocycles. The van der Waals surface area contributed by atoms with E-state index in [9.17, 15) is 9.59 Å². The lowest BCUT2D eigenvalue weighted by Gasteiger charge is -2.35. The Labute approximate surface area is 185 Å². The van der Waals surface area contributed by atoms with E-state index >= 15 is 0 Å². The second-order valence-electron chi connectivity index (χ2n) is 7.60. The molecule has 9 nitrogen and oxygen atoms in total. The molecule has 3 amide bonds. The molecule has 3 heterocycles. The van der Waals surface area contributed by atoms with Gasteiger partial charge in [0.05, 0.1) is 34.3 Å². The van der Waals surface area contributed by atoms with Gasteiger partial charge < -0.3 is 15.1 Å². The topological polar surface area (TPSA) is 86.6 Å². The van der Waals surface area contributed by atoms with Crippen molar-refractivity contribution in [2.75, 3.05) is 48.3 Å². The van der Waals surface area contributed by atoms with E-state index in [0.29, 0.717) is 22.8 Å². The number of carbonyl (C=O) groups is 2. The number of aryl methyl sites for hydroxylation is 2. The standard InChI is InChI=1S/C21H24ClN7O2/c1-14-18-19(28-9-7-26(2)8-10-28)17(12-23-20(18)27(3)25-14)24-21(31)29(13-30)16-6-4-5-15(22)11-16/h4-6,11-13H,7-10H2,1-3H3,(H,24,31). The molecule has 1 fully saturated rings. The zero-order valence-corrected chi connectivity index (χ0v) is 18.4. The first kappa shape index (κ1) is 21.1. The largest absolute Gasteiger partial charge is 0.367 e. The third-order valence-electron chi connectivity index (χ3n) is 5.47. The lowest BCUT2D eigenvalue weighted by atomic mass is 10.1. The number of anilines is 3. The molecular formula is C21H24ClN7O2. The first-order valence-corrected chi connectivity index (χ1v) is 10.3. The van der Waals surface area contributed by atoms with Crippen LogP contribution in [0.15, 0.2) is 30.5 Å². The molecule has 0 radical (unpaired) electrons. The summed E-state index contributed by atoms with van der Waals surface area (Å²) in [5.74, 6) is 0. The van der Waals surface area contributed by atoms with Crippen LogP contribution in [-0.2, 0) is 11.8 Å². The fourth-order valence-electron chi connectivity index (χ4n) is 3.87. The summed E-state index contributed by atoms with van der Waals surface area (Å²) in [5, 5.41) is 8.72. The summed E-state index contributed by atoms with van der Waals surface area (Å²) in [6.07, 6.45) is 2.09. The van der Waals surface area contributed by atoms with Crippen molar-refractivity contribution in [3.05, 3.63) is 41.2 Å². The van der Waals surface area contributed by atoms with Gasteiger partial charge in [0.25, 0.3) is 0 Å². The van der Waals surface area contributed by atoms with E-state index in [4.69, 9.17) is 11.6 Å². The fraction of sp³-hybridized carbons (Fsp3) is 0.333. The van der Waals surface area contributed by atoms with Gasteiger partial charge in [0.15, 0.2) is 5.65 Å². The number of fused-ring (bicyclic) bond motifs is 1. The van der Waals surface area contributed by atoms with Crippen molar-refractivity contribution >= 4 is 52.1 Å². The zero-order chi connectivity index (χ0) is 22.1. The number of imide groups is 1. The van der Waals surface area contributed by atoms with Crippen LogP contribution in [-0.4, -0.2) is 65.3 Å². The number of benzene rings is 1. The van der Waals surface area contributed by atoms with Crippen molar-refractivity contribution < 1.29 is 9.59 Å². The molecule has 10 heteroatoms. The lowest BCUT2D eigenvalue weighted by molar-refractivity contribution is -0.106. The van der Waals surface area contributed by atoms with Crippen molar-refractivity contribution in [3.63, 3.8) is 0 Å². The number of nitrogens with one attached hydrogen (secondary N) is 1. The first-order chi connectivity index (χ1) is 14.9. The Kier molecular flexibility index (Phi) is 5.79. The minimum Gasteiger partial charge on any atom is -0.367 e. The Morgan fingerprint density at radius 2 is 1.97 bits per heavy atom. The van der Waals surface area contributed by atoms with Crippen molar-refractivity contribution in [2.24, 2.45) is 7.05 Å². The molecule has 0 spiro atoms. The van der Waals surface area contributed by atoms with E-state index in [-0.39, 0.29) is 0 Å². The number of likely N-dealkylation sites (N-methyl/N-ethyl adjacent to an activating group) is 1. The third-order valence-corrected chi connectivity index (χ3v) is 5.71. The molecule has 1 aliphatic heterocycles. The summed E-state index contributed by atoms with van der Waals surface area (Å²) >= 11 is 6.03. The summed E-state index contributed by atoms with van der Waals surface area (Å²) in [5.41, 5.74) is 3.36. The summed E-state index contributed by atoms with van der Waals surface area (Å²) in [6, 6.07) is 5.98. The molecule has 0 aliphatic carbocycles. The number of hydrogen-bond acceptors (Lipinski definition) is 6. The number of urea groups is 1. The summed E-state index contributed by atoms with van der Waals surface area (Å²) in [4.78, 5) is 34.8. The van der Waals surface area contributed by atoms with Gasteiger partial charge in [-0.25, -0.2) is 14.7 Å². The van der Waals surface area contributed by atoms with Crippen LogP contribution in [0.4, 0.5) is 21.9 Å². The van der Waals surface area contributed by atoms with Gasteiger partial charge in [-0.1, -0.05) is 17.7 Å². The summed E-state index contributed by atoms with van der Waals surface area (Å²) < 4.78 is 1.74. The number of halogens is 1. The van der Waals surface area contributed by atoms with Gasteiger partial charge in [-0.3, -0.25) is 9.48 Å². The highest BCUT2D eigenvalue weighted by atomic mass is 35.5. The second-order valence-corrected chi connectivity index (χ2v) is 8.04. The van der Waals surface area contributed by atoms with Crippen LogP contribution in [0.5, 0.6) is 0 Å². The van der Waals surface area contributed by atoms with Crippen LogP contribution in [0.3, 0.4) is 0 Å². The predicted octanol–water partition coefficient (Wildman–Crippen LogP) is 2.88. The van der Waals surface area contributed by atoms with Gasteiger partial charge in [-0.05, 0) is 32.2 Å². The van der Waals surface area contributed by atoms with E-state index < -0.39 is 6.03 Å². The van der Waals surface area contributed by atoms with Gasteiger partial charge in [0.1, 0.15) is 0 Å². The molecule has 2 aromatic heterocycles. The average Bonchev–Trinajstić information content (AvgIpc) is 3.03. The average molecular weight is 442 g/mol. The SMILES string of the molecule is Cc1nn(C)c2ncc(NC(=O)N(C=O)c3cccc(Cl)c3)c(N3CCN(C)CC3)c12. The Morgan fingerprint density at radius 1 is 1.23 bits per heavy atom. The van der Waals surface area contributed by atoms with Gasteiger partial charge in [0.2, 0.25) is 6.41 Å². The van der Waals surface area contributed by atoms with Crippen molar-refractivity contribution in [3.8, 4) is 0 Å². The van der Waals surface area contributed by atoms with Crippen molar-refractivity contribution in [2.45, 2.75) is 6.92 Å². The number of pyridine rings is 1. The number of carbonyl (C=O) groups excluding carboxylic acids is 2. The molecule has 0 saturated carbocycles. The molecule has 4 rings (SSSR count). The van der Waals surface area contributed by atoms with E-state index in [1.807, 2.05) is 14.0 Å². The number of rotatable bonds is 4. The van der Waals surface area contributed by atoms with Gasteiger partial charge in [0, 0.05) is 38.2 Å². The van der Waals surface area contributed by atoms with Crippen LogP contribution in [0.25, 0.3) is 11.0 Å². The maximum Gasteiger partial charge on any atom is 0.333 e. The van der Waals surface area contributed by atoms with E-state index in [1.165, 1.54) is 0 Å². The number of nitrogens with zero attached hydrogens (tertiary/aromatic N) is 6. The number of amides is 3. The molecule has 162 valence electrons. The van der Waals surface area contributed by atoms with E-state index in [1.54, 1.807) is 35.1 Å². The number of hydrogen-bond donors (Lipinski definition) is 1. The number of piperazine rings is 1. The predicted molar refractivity (Wildman–Crippen MR) is 122 cm³/mol. The van der Waals surface area contributed by atoms with Crippen LogP contribution in [0.1, 0.15) is 5.69 Å². The van der Waals surface area contributed by atoms with Gasteiger partial charge in [-0.2, -0.15) is 5.10 Å². The molecule has 1 N–H and O–H groups in total. The van der Waals surface area contributed by atoms with Crippen LogP contribution < -0.4 is 15.1 Å². The Morgan fingerprint density at radius 3 is 2.65 bits per heavy atom. The zero-order valence-electron chi connectivity index (χ0n) is 17.7. The molecular weight excluding hydrogens is 418 g/mol. The molecule has 0 unspecified atom stereocenters. The molecule has 31 heavy (non-hydrogen) atoms. The maximum absolute atomic E-state index is 13.0. The Bertz CT molecular complexity index is 1140. The molecule has 0 bridgehead atoms. The highest BCUT2D eigenvalue weighted by Gasteiger charge is 2.25. The van der Waals surface area contributed by atoms with Crippen LogP contribution in [0, 0.1) is 6.92 Å². The van der Waals surface area contributed by atoms with E-state index in [0.717, 1.165) is 53.5 Å². The van der Waals surface area contributed by atoms with Crippen LogP contribution >= 0.6 is 11.6 Å².